The first-order valence-corrected chi connectivity index (χ1v) is 9.30. The van der Waals surface area contributed by atoms with Gasteiger partial charge in [-0.2, -0.15) is 0 Å². The smallest absolute Gasteiger partial charge is 0.265 e. The highest BCUT2D eigenvalue weighted by molar-refractivity contribution is 6.06. The lowest BCUT2D eigenvalue weighted by Gasteiger charge is -2.28. The number of hydrogen-bond acceptors (Lipinski definition) is 4. The Morgan fingerprint density at radius 2 is 2.00 bits per heavy atom. The first kappa shape index (κ1) is 17.5. The molecule has 1 aliphatic rings. The van der Waals surface area contributed by atoms with Crippen LogP contribution in [0.5, 0.6) is 0 Å². The molecule has 0 unspecified atom stereocenters. The monoisotopic (exact) mass is 365 g/mol. The fraction of sp³-hybridized carbons (Fsp3) is 0.381. The first-order chi connectivity index (χ1) is 13.0. The van der Waals surface area contributed by atoms with Crippen molar-refractivity contribution < 1.29 is 9.21 Å². The van der Waals surface area contributed by atoms with Gasteiger partial charge in [0.2, 0.25) is 5.71 Å². The molecule has 2 aromatic heterocycles. The Hall–Kier alpha value is -2.89. The van der Waals surface area contributed by atoms with E-state index in [9.17, 15) is 9.59 Å². The largest absolute Gasteiger partial charge is 0.442 e. The van der Waals surface area contributed by atoms with Gasteiger partial charge in [0.25, 0.3) is 11.5 Å². The second kappa shape index (κ2) is 6.68. The maximum Gasteiger partial charge on any atom is 0.265 e. The molecule has 0 saturated heterocycles. The SMILES string of the molecule is Cc1oc2ncn(CC(C)C)c(=O)c2c1C(=O)N1CCc2ccccc2C1. The number of benzene rings is 1. The summed E-state index contributed by atoms with van der Waals surface area (Å²) in [7, 11) is 0. The molecule has 3 heterocycles. The molecule has 1 aliphatic heterocycles. The van der Waals surface area contributed by atoms with Crippen molar-refractivity contribution in [1.29, 1.82) is 0 Å². The second-order valence-corrected chi connectivity index (χ2v) is 7.55. The molecule has 27 heavy (non-hydrogen) atoms. The second-order valence-electron chi connectivity index (χ2n) is 7.55. The maximum atomic E-state index is 13.3. The maximum absolute atomic E-state index is 13.3. The van der Waals surface area contributed by atoms with Crippen LogP contribution >= 0.6 is 0 Å². The lowest BCUT2D eigenvalue weighted by atomic mass is 9.99. The Morgan fingerprint density at radius 3 is 2.74 bits per heavy atom. The number of hydrogen-bond donors (Lipinski definition) is 0. The summed E-state index contributed by atoms with van der Waals surface area (Å²) in [6.45, 7) is 7.52. The van der Waals surface area contributed by atoms with Crippen molar-refractivity contribution in [1.82, 2.24) is 14.5 Å². The van der Waals surface area contributed by atoms with Crippen LogP contribution in [0.15, 0.2) is 39.8 Å². The lowest BCUT2D eigenvalue weighted by molar-refractivity contribution is 0.0734. The van der Waals surface area contributed by atoms with Gasteiger partial charge >= 0.3 is 0 Å². The van der Waals surface area contributed by atoms with Crippen LogP contribution in [-0.4, -0.2) is 26.9 Å². The van der Waals surface area contributed by atoms with Crippen molar-refractivity contribution in [3.63, 3.8) is 0 Å². The van der Waals surface area contributed by atoms with E-state index in [0.717, 1.165) is 12.0 Å². The fourth-order valence-electron chi connectivity index (χ4n) is 3.75. The summed E-state index contributed by atoms with van der Waals surface area (Å²) in [5.74, 6) is 0.579. The number of nitrogens with zero attached hydrogens (tertiary/aromatic N) is 3. The van der Waals surface area contributed by atoms with Crippen molar-refractivity contribution in [2.24, 2.45) is 5.92 Å². The molecule has 0 aliphatic carbocycles. The molecule has 0 radical (unpaired) electrons. The summed E-state index contributed by atoms with van der Waals surface area (Å²) in [5.41, 5.74) is 2.79. The van der Waals surface area contributed by atoms with Crippen molar-refractivity contribution in [3.8, 4) is 0 Å². The standard InChI is InChI=1S/C21H23N3O3/c1-13(2)10-24-12-22-19-18(21(24)26)17(14(3)27-19)20(25)23-9-8-15-6-4-5-7-16(15)11-23/h4-7,12-13H,8-11H2,1-3H3. The minimum atomic E-state index is -0.216. The molecule has 0 bridgehead atoms. The third-order valence-corrected chi connectivity index (χ3v) is 5.05. The number of amides is 1. The van der Waals surface area contributed by atoms with E-state index in [1.807, 2.05) is 32.0 Å². The Balaban J connectivity index is 1.76. The van der Waals surface area contributed by atoms with Crippen molar-refractivity contribution in [2.75, 3.05) is 6.54 Å². The number of furan rings is 1. The molecule has 0 saturated carbocycles. The summed E-state index contributed by atoms with van der Waals surface area (Å²) in [5, 5.41) is 0.291. The Morgan fingerprint density at radius 1 is 1.26 bits per heavy atom. The van der Waals surface area contributed by atoms with Gasteiger partial charge in [0.1, 0.15) is 17.5 Å². The summed E-state index contributed by atoms with van der Waals surface area (Å²) >= 11 is 0. The number of aryl methyl sites for hydroxylation is 1. The third kappa shape index (κ3) is 3.05. The molecule has 0 N–H and O–H groups in total. The van der Waals surface area contributed by atoms with E-state index < -0.39 is 0 Å². The van der Waals surface area contributed by atoms with Gasteiger partial charge in [-0.05, 0) is 30.4 Å². The van der Waals surface area contributed by atoms with Crippen molar-refractivity contribution in [3.05, 3.63) is 63.4 Å². The summed E-state index contributed by atoms with van der Waals surface area (Å²) in [6, 6.07) is 8.16. The normalized spacial score (nSPS) is 14.0. The molecule has 0 fully saturated rings. The first-order valence-electron chi connectivity index (χ1n) is 9.30. The van der Waals surface area contributed by atoms with Gasteiger partial charge in [-0.25, -0.2) is 4.98 Å². The van der Waals surface area contributed by atoms with E-state index in [-0.39, 0.29) is 17.2 Å². The van der Waals surface area contributed by atoms with Gasteiger partial charge in [0.15, 0.2) is 0 Å². The summed E-state index contributed by atoms with van der Waals surface area (Å²) in [4.78, 5) is 32.3. The number of aromatic nitrogens is 2. The molecular formula is C21H23N3O3. The molecule has 1 amide bonds. The number of rotatable bonds is 3. The van der Waals surface area contributed by atoms with Crippen LogP contribution in [-0.2, 0) is 19.5 Å². The molecule has 0 spiro atoms. The van der Waals surface area contributed by atoms with Gasteiger partial charge in [0, 0.05) is 19.6 Å². The quantitative estimate of drug-likeness (QED) is 0.715. The predicted molar refractivity (Wildman–Crippen MR) is 103 cm³/mol. The van der Waals surface area contributed by atoms with Gasteiger partial charge in [-0.15, -0.1) is 0 Å². The Kier molecular flexibility index (Phi) is 4.34. The van der Waals surface area contributed by atoms with Crippen LogP contribution in [0.4, 0.5) is 0 Å². The predicted octanol–water partition coefficient (Wildman–Crippen LogP) is 3.15. The number of fused-ring (bicyclic) bond motifs is 2. The fourth-order valence-corrected chi connectivity index (χ4v) is 3.75. The zero-order valence-electron chi connectivity index (χ0n) is 15.9. The molecule has 6 nitrogen and oxygen atoms in total. The van der Waals surface area contributed by atoms with E-state index >= 15 is 0 Å². The molecule has 140 valence electrons. The highest BCUT2D eigenvalue weighted by atomic mass is 16.3. The van der Waals surface area contributed by atoms with Crippen LogP contribution in [0.2, 0.25) is 0 Å². The molecule has 4 rings (SSSR count). The minimum Gasteiger partial charge on any atom is -0.442 e. The third-order valence-electron chi connectivity index (χ3n) is 5.05. The summed E-state index contributed by atoms with van der Waals surface area (Å²) < 4.78 is 7.21. The number of carbonyl (C=O) groups is 1. The van der Waals surface area contributed by atoms with E-state index in [2.05, 4.69) is 11.1 Å². The molecule has 3 aromatic rings. The van der Waals surface area contributed by atoms with Crippen molar-refractivity contribution in [2.45, 2.75) is 40.3 Å². The van der Waals surface area contributed by atoms with Crippen LogP contribution < -0.4 is 5.56 Å². The van der Waals surface area contributed by atoms with E-state index in [4.69, 9.17) is 4.42 Å². The Labute approximate surface area is 157 Å². The van der Waals surface area contributed by atoms with Gasteiger partial charge in [0.05, 0.1) is 5.56 Å². The highest BCUT2D eigenvalue weighted by Crippen LogP contribution is 2.26. The Bertz CT molecular complexity index is 1080. The van der Waals surface area contributed by atoms with Gasteiger partial charge in [-0.1, -0.05) is 38.1 Å². The molecule has 0 atom stereocenters. The van der Waals surface area contributed by atoms with Crippen molar-refractivity contribution >= 4 is 17.0 Å². The zero-order chi connectivity index (χ0) is 19.1. The topological polar surface area (TPSA) is 68.3 Å². The average Bonchev–Trinajstić information content (AvgIpc) is 2.99. The summed E-state index contributed by atoms with van der Waals surface area (Å²) in [6.07, 6.45) is 2.31. The highest BCUT2D eigenvalue weighted by Gasteiger charge is 2.28. The van der Waals surface area contributed by atoms with Gasteiger partial charge < -0.3 is 9.32 Å². The van der Waals surface area contributed by atoms with E-state index in [1.165, 1.54) is 11.9 Å². The van der Waals surface area contributed by atoms with Crippen LogP contribution in [0.3, 0.4) is 0 Å². The van der Waals surface area contributed by atoms with Gasteiger partial charge in [-0.3, -0.25) is 14.2 Å². The van der Waals surface area contributed by atoms with Crippen LogP contribution in [0.1, 0.15) is 41.1 Å². The van der Waals surface area contributed by atoms with E-state index in [1.54, 1.807) is 16.4 Å². The number of carbonyl (C=O) groups excluding carboxylic acids is 1. The van der Waals surface area contributed by atoms with Crippen LogP contribution in [0.25, 0.3) is 11.1 Å². The molecule has 6 heteroatoms. The molecular weight excluding hydrogens is 342 g/mol. The van der Waals surface area contributed by atoms with Crippen LogP contribution in [0, 0.1) is 12.8 Å². The minimum absolute atomic E-state index is 0.165. The van der Waals surface area contributed by atoms with E-state index in [0.29, 0.717) is 42.3 Å². The zero-order valence-corrected chi connectivity index (χ0v) is 15.9. The lowest BCUT2D eigenvalue weighted by Crippen LogP contribution is -2.36. The average molecular weight is 365 g/mol. The molecule has 1 aromatic carbocycles.